The van der Waals surface area contributed by atoms with E-state index in [1.807, 2.05) is 7.05 Å². The third kappa shape index (κ3) is 3.43. The molecule has 0 saturated heterocycles. The molecule has 25 heavy (non-hydrogen) atoms. The van der Waals surface area contributed by atoms with Crippen LogP contribution in [-0.2, 0) is 16.0 Å². The van der Waals surface area contributed by atoms with E-state index in [0.29, 0.717) is 36.8 Å². The summed E-state index contributed by atoms with van der Waals surface area (Å²) in [6.45, 7) is 2.02. The number of nitrogens with zero attached hydrogens (tertiary/aromatic N) is 1. The van der Waals surface area contributed by atoms with Crippen LogP contribution in [0.2, 0.25) is 0 Å². The van der Waals surface area contributed by atoms with Crippen molar-refractivity contribution in [1.29, 1.82) is 0 Å². The van der Waals surface area contributed by atoms with Gasteiger partial charge in [0.05, 0.1) is 18.2 Å². The second-order valence-electron chi connectivity index (χ2n) is 6.10. The number of nitrogens with one attached hydrogen (secondary N) is 1. The molecule has 7 nitrogen and oxygen atoms in total. The number of carbonyl (C=O) groups excluding carboxylic acids is 1. The van der Waals surface area contributed by atoms with Crippen LogP contribution in [0.3, 0.4) is 0 Å². The maximum atomic E-state index is 12.4. The van der Waals surface area contributed by atoms with E-state index in [1.54, 1.807) is 14.2 Å². The Morgan fingerprint density at radius 1 is 1.36 bits per heavy atom. The number of halogens is 1. The molecule has 0 spiro atoms. The SMILES string of the molecule is COCCNC(=O)CC1c2c(c(Br)c3c(c2OC)OCO3)CCN1C. The number of amides is 1. The molecular weight excluding hydrogens is 392 g/mol. The molecule has 8 heteroatoms. The minimum Gasteiger partial charge on any atom is -0.492 e. The van der Waals surface area contributed by atoms with Crippen LogP contribution in [0.15, 0.2) is 4.47 Å². The quantitative estimate of drug-likeness (QED) is 0.716. The van der Waals surface area contributed by atoms with E-state index in [-0.39, 0.29) is 18.7 Å². The summed E-state index contributed by atoms with van der Waals surface area (Å²) in [6.07, 6.45) is 1.19. The predicted octanol–water partition coefficient (Wildman–Crippen LogP) is 1.87. The van der Waals surface area contributed by atoms with E-state index in [1.165, 1.54) is 0 Å². The summed E-state index contributed by atoms with van der Waals surface area (Å²) in [6, 6.07) is -0.0907. The maximum Gasteiger partial charge on any atom is 0.231 e. The van der Waals surface area contributed by atoms with Gasteiger partial charge in [0.2, 0.25) is 18.4 Å². The number of carbonyl (C=O) groups is 1. The lowest BCUT2D eigenvalue weighted by Crippen LogP contribution is -2.37. The standard InChI is InChI=1S/C17H23BrN2O5/c1-20-6-4-10-13(11(20)8-12(21)19-5-7-22-2)15(23-3)17-16(14(10)18)24-9-25-17/h11H,4-9H2,1-3H3,(H,19,21). The van der Waals surface area contributed by atoms with Crippen molar-refractivity contribution >= 4 is 21.8 Å². The van der Waals surface area contributed by atoms with Gasteiger partial charge in [-0.15, -0.1) is 0 Å². The number of hydrogen-bond donors (Lipinski definition) is 1. The molecule has 2 heterocycles. The van der Waals surface area contributed by atoms with Crippen molar-refractivity contribution in [2.45, 2.75) is 18.9 Å². The van der Waals surface area contributed by atoms with Crippen molar-refractivity contribution in [2.75, 3.05) is 47.8 Å². The summed E-state index contributed by atoms with van der Waals surface area (Å²) in [5.41, 5.74) is 2.11. The van der Waals surface area contributed by atoms with Crippen LogP contribution in [0.1, 0.15) is 23.6 Å². The van der Waals surface area contributed by atoms with E-state index in [0.717, 1.165) is 28.6 Å². The molecule has 0 aromatic heterocycles. The molecule has 1 aromatic carbocycles. The highest BCUT2D eigenvalue weighted by Crippen LogP contribution is 2.54. The van der Waals surface area contributed by atoms with Crippen LogP contribution in [0.5, 0.6) is 17.2 Å². The molecule has 0 aliphatic carbocycles. The second kappa shape index (κ2) is 7.80. The van der Waals surface area contributed by atoms with Crippen molar-refractivity contribution in [1.82, 2.24) is 10.2 Å². The first-order valence-corrected chi connectivity index (χ1v) is 9.01. The van der Waals surface area contributed by atoms with Gasteiger partial charge in [0.15, 0.2) is 11.5 Å². The van der Waals surface area contributed by atoms with Crippen molar-refractivity contribution in [3.05, 3.63) is 15.6 Å². The minimum atomic E-state index is -0.0907. The first kappa shape index (κ1) is 18.3. The van der Waals surface area contributed by atoms with Gasteiger partial charge in [-0.1, -0.05) is 0 Å². The fourth-order valence-electron chi connectivity index (χ4n) is 3.39. The van der Waals surface area contributed by atoms with Gasteiger partial charge in [-0.05, 0) is 35.0 Å². The van der Waals surface area contributed by atoms with E-state index >= 15 is 0 Å². The number of ether oxygens (including phenoxy) is 4. The van der Waals surface area contributed by atoms with E-state index in [2.05, 4.69) is 26.1 Å². The Bertz CT molecular complexity index is 667. The number of methoxy groups -OCH3 is 2. The Morgan fingerprint density at radius 2 is 2.12 bits per heavy atom. The average Bonchev–Trinajstić information content (AvgIpc) is 3.08. The summed E-state index contributed by atoms with van der Waals surface area (Å²) >= 11 is 3.65. The van der Waals surface area contributed by atoms with Gasteiger partial charge in [0, 0.05) is 38.2 Å². The van der Waals surface area contributed by atoms with Crippen LogP contribution in [-0.4, -0.2) is 58.6 Å². The lowest BCUT2D eigenvalue weighted by Gasteiger charge is -2.36. The fraction of sp³-hybridized carbons (Fsp3) is 0.588. The van der Waals surface area contributed by atoms with Crippen molar-refractivity contribution in [3.63, 3.8) is 0 Å². The zero-order chi connectivity index (χ0) is 18.0. The summed E-state index contributed by atoms with van der Waals surface area (Å²) in [7, 11) is 5.26. The molecule has 2 aliphatic rings. The highest BCUT2D eigenvalue weighted by molar-refractivity contribution is 9.10. The molecule has 1 N–H and O–H groups in total. The molecule has 0 fully saturated rings. The summed E-state index contributed by atoms with van der Waals surface area (Å²) < 4.78 is 22.8. The number of rotatable bonds is 6. The van der Waals surface area contributed by atoms with Crippen LogP contribution < -0.4 is 19.5 Å². The number of hydrogen-bond acceptors (Lipinski definition) is 6. The lowest BCUT2D eigenvalue weighted by molar-refractivity contribution is -0.122. The summed E-state index contributed by atoms with van der Waals surface area (Å²) in [4.78, 5) is 14.5. The summed E-state index contributed by atoms with van der Waals surface area (Å²) in [5, 5.41) is 2.89. The van der Waals surface area contributed by atoms with Crippen LogP contribution in [0, 0.1) is 0 Å². The maximum absolute atomic E-state index is 12.4. The Hall–Kier alpha value is -1.51. The zero-order valence-corrected chi connectivity index (χ0v) is 16.3. The monoisotopic (exact) mass is 414 g/mol. The molecule has 2 aliphatic heterocycles. The molecule has 0 saturated carbocycles. The summed E-state index contributed by atoms with van der Waals surface area (Å²) in [5.74, 6) is 1.93. The highest BCUT2D eigenvalue weighted by Gasteiger charge is 2.37. The molecule has 0 bridgehead atoms. The van der Waals surface area contributed by atoms with E-state index in [9.17, 15) is 4.79 Å². The van der Waals surface area contributed by atoms with Crippen molar-refractivity contribution < 1.29 is 23.7 Å². The van der Waals surface area contributed by atoms with Gasteiger partial charge < -0.3 is 24.3 Å². The van der Waals surface area contributed by atoms with Crippen molar-refractivity contribution in [2.24, 2.45) is 0 Å². The van der Waals surface area contributed by atoms with Crippen molar-refractivity contribution in [3.8, 4) is 17.2 Å². The van der Waals surface area contributed by atoms with E-state index in [4.69, 9.17) is 18.9 Å². The average molecular weight is 415 g/mol. The lowest BCUT2D eigenvalue weighted by atomic mass is 9.89. The Kier molecular flexibility index (Phi) is 5.71. The number of benzene rings is 1. The second-order valence-corrected chi connectivity index (χ2v) is 6.89. The molecule has 1 unspecified atom stereocenters. The fourth-order valence-corrected chi connectivity index (χ4v) is 4.09. The van der Waals surface area contributed by atoms with Crippen LogP contribution in [0.4, 0.5) is 0 Å². The molecule has 1 amide bonds. The minimum absolute atomic E-state index is 0.0161. The predicted molar refractivity (Wildman–Crippen MR) is 95.4 cm³/mol. The molecule has 1 aromatic rings. The van der Waals surface area contributed by atoms with Gasteiger partial charge in [-0.25, -0.2) is 0 Å². The Balaban J connectivity index is 1.95. The van der Waals surface area contributed by atoms with Gasteiger partial charge in [-0.3, -0.25) is 9.69 Å². The molecule has 0 radical (unpaired) electrons. The van der Waals surface area contributed by atoms with Crippen LogP contribution >= 0.6 is 15.9 Å². The topological polar surface area (TPSA) is 69.3 Å². The smallest absolute Gasteiger partial charge is 0.231 e. The number of fused-ring (bicyclic) bond motifs is 2. The van der Waals surface area contributed by atoms with E-state index < -0.39 is 0 Å². The number of likely N-dealkylation sites (N-methyl/N-ethyl adjacent to an activating group) is 1. The molecule has 138 valence electrons. The van der Waals surface area contributed by atoms with Crippen LogP contribution in [0.25, 0.3) is 0 Å². The molecular formula is C17H23BrN2O5. The van der Waals surface area contributed by atoms with Gasteiger partial charge >= 0.3 is 0 Å². The third-order valence-corrected chi connectivity index (χ3v) is 5.48. The zero-order valence-electron chi connectivity index (χ0n) is 14.7. The van der Waals surface area contributed by atoms with Gasteiger partial charge in [0.1, 0.15) is 0 Å². The first-order valence-electron chi connectivity index (χ1n) is 8.22. The third-order valence-electron chi connectivity index (χ3n) is 4.64. The Labute approximate surface area is 155 Å². The normalized spacial score (nSPS) is 18.8. The first-order chi connectivity index (χ1) is 12.1. The highest BCUT2D eigenvalue weighted by atomic mass is 79.9. The Morgan fingerprint density at radius 3 is 2.84 bits per heavy atom. The molecule has 3 rings (SSSR count). The van der Waals surface area contributed by atoms with Gasteiger partial charge in [0.25, 0.3) is 0 Å². The van der Waals surface area contributed by atoms with Gasteiger partial charge in [-0.2, -0.15) is 0 Å². The molecule has 1 atom stereocenters. The largest absolute Gasteiger partial charge is 0.492 e.